The van der Waals surface area contributed by atoms with E-state index in [4.69, 9.17) is 0 Å². The van der Waals surface area contributed by atoms with Crippen LogP contribution in [0.1, 0.15) is 48.0 Å². The van der Waals surface area contributed by atoms with Gasteiger partial charge >= 0.3 is 0 Å². The summed E-state index contributed by atoms with van der Waals surface area (Å²) in [6.45, 7) is 9.67. The lowest BCUT2D eigenvalue weighted by Crippen LogP contribution is -2.45. The van der Waals surface area contributed by atoms with Crippen LogP contribution < -0.4 is 0 Å². The first-order valence-corrected chi connectivity index (χ1v) is 6.61. The van der Waals surface area contributed by atoms with E-state index >= 15 is 0 Å². The topological polar surface area (TPSA) is 68.3 Å². The molecule has 0 spiro atoms. The van der Waals surface area contributed by atoms with E-state index in [9.17, 15) is 19.2 Å². The Kier molecular flexibility index (Phi) is 3.86. The number of hydrogen-bond acceptors (Lipinski definition) is 4. The van der Waals surface area contributed by atoms with E-state index in [-0.39, 0.29) is 5.92 Å². The van der Waals surface area contributed by atoms with Crippen molar-refractivity contribution in [1.82, 2.24) is 0 Å². The molecule has 0 heterocycles. The summed E-state index contributed by atoms with van der Waals surface area (Å²) < 4.78 is 0. The molecule has 0 aromatic heterocycles. The van der Waals surface area contributed by atoms with Crippen LogP contribution in [0.5, 0.6) is 0 Å². The van der Waals surface area contributed by atoms with Crippen LogP contribution in [-0.4, -0.2) is 23.1 Å². The summed E-state index contributed by atoms with van der Waals surface area (Å²) in [5, 5.41) is 0. The second-order valence-corrected chi connectivity index (χ2v) is 6.83. The quantitative estimate of drug-likeness (QED) is 0.496. The predicted molar refractivity (Wildman–Crippen MR) is 70.5 cm³/mol. The Balaban J connectivity index is 3.41. The van der Waals surface area contributed by atoms with Crippen LogP contribution >= 0.6 is 0 Å². The summed E-state index contributed by atoms with van der Waals surface area (Å²) >= 11 is 0. The molecule has 1 fully saturated rings. The van der Waals surface area contributed by atoms with E-state index in [0.29, 0.717) is 6.42 Å². The Morgan fingerprint density at radius 2 is 1.32 bits per heavy atom. The van der Waals surface area contributed by atoms with Crippen molar-refractivity contribution in [3.05, 3.63) is 0 Å². The monoisotopic (exact) mass is 266 g/mol. The summed E-state index contributed by atoms with van der Waals surface area (Å²) in [7, 11) is 0. The van der Waals surface area contributed by atoms with Crippen LogP contribution in [0.25, 0.3) is 0 Å². The Morgan fingerprint density at radius 3 is 1.79 bits per heavy atom. The van der Waals surface area contributed by atoms with Crippen molar-refractivity contribution < 1.29 is 19.2 Å². The fourth-order valence-corrected chi connectivity index (χ4v) is 2.54. The first-order chi connectivity index (χ1) is 8.43. The molecule has 0 N–H and O–H groups in total. The van der Waals surface area contributed by atoms with Crippen LogP contribution in [0.4, 0.5) is 0 Å². The normalized spacial score (nSPS) is 31.7. The number of carbonyl (C=O) groups is 4. The number of hydrogen-bond donors (Lipinski definition) is 0. The molecule has 4 heteroatoms. The van der Waals surface area contributed by atoms with Crippen molar-refractivity contribution in [2.75, 3.05) is 0 Å². The highest BCUT2D eigenvalue weighted by Crippen LogP contribution is 2.36. The van der Waals surface area contributed by atoms with Gasteiger partial charge < -0.3 is 0 Å². The van der Waals surface area contributed by atoms with Crippen molar-refractivity contribution in [3.8, 4) is 0 Å². The summed E-state index contributed by atoms with van der Waals surface area (Å²) in [4.78, 5) is 48.8. The standard InChI is InChI=1S/C15H22O4/c1-8-7-14(3,4)12(18)13(19)15(5,6)11(17)10(16)9(8)2/h8-9H,7H2,1-6H3. The SMILES string of the molecule is CC1CC(C)(C)C(=O)C(=O)C(C)(C)C(=O)C(=O)C1C. The van der Waals surface area contributed by atoms with E-state index in [1.54, 1.807) is 20.8 Å². The predicted octanol–water partition coefficient (Wildman–Crippen LogP) is 1.99. The smallest absolute Gasteiger partial charge is 0.212 e. The molecule has 0 radical (unpaired) electrons. The molecule has 0 aliphatic heterocycles. The van der Waals surface area contributed by atoms with Crippen molar-refractivity contribution in [1.29, 1.82) is 0 Å². The van der Waals surface area contributed by atoms with Gasteiger partial charge in [-0.1, -0.05) is 27.7 Å². The van der Waals surface area contributed by atoms with Crippen molar-refractivity contribution in [2.24, 2.45) is 22.7 Å². The average molecular weight is 266 g/mol. The fourth-order valence-electron chi connectivity index (χ4n) is 2.54. The lowest BCUT2D eigenvalue weighted by atomic mass is 9.73. The molecule has 0 amide bonds. The molecule has 1 rings (SSSR count). The molecule has 0 saturated heterocycles. The third-order valence-electron chi connectivity index (χ3n) is 4.28. The Labute approximate surface area is 113 Å². The summed E-state index contributed by atoms with van der Waals surface area (Å²) in [5.41, 5.74) is -2.39. The minimum Gasteiger partial charge on any atom is -0.291 e. The third kappa shape index (κ3) is 2.53. The molecule has 1 aliphatic carbocycles. The first-order valence-electron chi connectivity index (χ1n) is 6.61. The van der Waals surface area contributed by atoms with Gasteiger partial charge in [0, 0.05) is 11.3 Å². The van der Waals surface area contributed by atoms with Gasteiger partial charge in [0.25, 0.3) is 0 Å². The Bertz CT molecular complexity index is 457. The van der Waals surface area contributed by atoms with Gasteiger partial charge in [-0.2, -0.15) is 0 Å². The molecular formula is C15H22O4. The van der Waals surface area contributed by atoms with Gasteiger partial charge in [0.2, 0.25) is 23.1 Å². The largest absolute Gasteiger partial charge is 0.291 e. The first kappa shape index (κ1) is 15.7. The lowest BCUT2D eigenvalue weighted by molar-refractivity contribution is -0.153. The minimum atomic E-state index is -1.55. The number of carbonyl (C=O) groups excluding carboxylic acids is 4. The Hall–Kier alpha value is -1.32. The number of ketones is 4. The van der Waals surface area contributed by atoms with Gasteiger partial charge in [0.05, 0.1) is 5.41 Å². The zero-order valence-electron chi connectivity index (χ0n) is 12.5. The molecule has 2 atom stereocenters. The van der Waals surface area contributed by atoms with Gasteiger partial charge in [-0.25, -0.2) is 0 Å². The van der Waals surface area contributed by atoms with Crippen molar-refractivity contribution in [2.45, 2.75) is 48.0 Å². The Morgan fingerprint density at radius 1 is 0.842 bits per heavy atom. The highest BCUT2D eigenvalue weighted by Gasteiger charge is 2.50. The molecule has 19 heavy (non-hydrogen) atoms. The maximum absolute atomic E-state index is 12.3. The maximum atomic E-state index is 12.3. The van der Waals surface area contributed by atoms with Crippen molar-refractivity contribution in [3.63, 3.8) is 0 Å². The van der Waals surface area contributed by atoms with E-state index in [1.165, 1.54) is 13.8 Å². The molecule has 4 nitrogen and oxygen atoms in total. The van der Waals surface area contributed by atoms with Crippen LogP contribution in [0.3, 0.4) is 0 Å². The molecular weight excluding hydrogens is 244 g/mol. The van der Waals surface area contributed by atoms with E-state index in [0.717, 1.165) is 0 Å². The van der Waals surface area contributed by atoms with Gasteiger partial charge in [0.15, 0.2) is 0 Å². The summed E-state index contributed by atoms with van der Waals surface area (Å²) in [6, 6.07) is 0. The van der Waals surface area contributed by atoms with Crippen LogP contribution in [0.15, 0.2) is 0 Å². The van der Waals surface area contributed by atoms with Gasteiger partial charge in [0.1, 0.15) is 0 Å². The zero-order valence-corrected chi connectivity index (χ0v) is 12.5. The van der Waals surface area contributed by atoms with Crippen LogP contribution in [0.2, 0.25) is 0 Å². The van der Waals surface area contributed by atoms with E-state index in [1.807, 2.05) is 6.92 Å². The highest BCUT2D eigenvalue weighted by molar-refractivity contribution is 6.53. The maximum Gasteiger partial charge on any atom is 0.212 e. The molecule has 0 bridgehead atoms. The molecule has 1 aliphatic rings. The fraction of sp³-hybridized carbons (Fsp3) is 0.733. The van der Waals surface area contributed by atoms with Gasteiger partial charge in [-0.15, -0.1) is 0 Å². The second-order valence-electron chi connectivity index (χ2n) is 6.83. The van der Waals surface area contributed by atoms with E-state index in [2.05, 4.69) is 0 Å². The van der Waals surface area contributed by atoms with E-state index < -0.39 is 39.9 Å². The van der Waals surface area contributed by atoms with Crippen LogP contribution in [0, 0.1) is 22.7 Å². The average Bonchev–Trinajstić information content (AvgIpc) is 2.32. The second kappa shape index (κ2) is 4.66. The minimum absolute atomic E-state index is 0.114. The lowest BCUT2D eigenvalue weighted by Gasteiger charge is -2.27. The van der Waals surface area contributed by atoms with Gasteiger partial charge in [-0.3, -0.25) is 19.2 Å². The number of Topliss-reactive ketones (excluding diaryl/α,β-unsaturated/α-hetero) is 4. The molecule has 2 unspecified atom stereocenters. The number of rotatable bonds is 0. The highest BCUT2D eigenvalue weighted by atomic mass is 16.2. The van der Waals surface area contributed by atoms with Gasteiger partial charge in [-0.05, 0) is 26.2 Å². The molecule has 1 saturated carbocycles. The third-order valence-corrected chi connectivity index (χ3v) is 4.28. The van der Waals surface area contributed by atoms with Crippen LogP contribution in [-0.2, 0) is 19.2 Å². The summed E-state index contributed by atoms with van der Waals surface area (Å²) in [5.74, 6) is -3.18. The molecule has 106 valence electrons. The zero-order chi connectivity index (χ0) is 15.2. The van der Waals surface area contributed by atoms with Crippen molar-refractivity contribution >= 4 is 23.1 Å². The molecule has 0 aromatic carbocycles. The molecule has 0 aromatic rings. The summed E-state index contributed by atoms with van der Waals surface area (Å²) in [6.07, 6.45) is 0.424.